The smallest absolute Gasteiger partial charge is 0.258 e. The molecule has 0 N–H and O–H groups in total. The minimum absolute atomic E-state index is 0.0171. The van der Waals surface area contributed by atoms with E-state index in [1.165, 1.54) is 41.9 Å². The fraction of sp³-hybridized carbons (Fsp3) is 0.545. The van der Waals surface area contributed by atoms with Crippen LogP contribution in [0, 0.1) is 35.4 Å². The Morgan fingerprint density at radius 2 is 1.83 bits per heavy atom. The summed E-state index contributed by atoms with van der Waals surface area (Å²) in [7, 11) is -3.21. The lowest BCUT2D eigenvalue weighted by Gasteiger charge is -2.36. The molecular weight excluding hydrogens is 756 g/mol. The molecule has 5 heterocycles. The van der Waals surface area contributed by atoms with Gasteiger partial charge in [0.1, 0.15) is 29.7 Å². The highest BCUT2D eigenvalue weighted by Gasteiger charge is 2.44. The van der Waals surface area contributed by atoms with E-state index in [-0.39, 0.29) is 40.8 Å². The van der Waals surface area contributed by atoms with Gasteiger partial charge in [0, 0.05) is 73.7 Å². The molecule has 2 aromatic heterocycles. The van der Waals surface area contributed by atoms with Crippen LogP contribution >= 0.6 is 0 Å². The summed E-state index contributed by atoms with van der Waals surface area (Å²) >= 11 is 0. The third kappa shape index (κ3) is 8.44. The summed E-state index contributed by atoms with van der Waals surface area (Å²) in [5.41, 5.74) is 4.43. The fourth-order valence-electron chi connectivity index (χ4n) is 9.89. The van der Waals surface area contributed by atoms with E-state index in [1.807, 2.05) is 40.7 Å². The number of anilines is 1. The number of benzene rings is 2. The Balaban J connectivity index is 1.02. The molecule has 1 amide bonds. The number of carbonyl (C=O) groups excluding carboxylic acids is 1. The number of fused-ring (bicyclic) bond motifs is 1. The van der Waals surface area contributed by atoms with E-state index in [0.29, 0.717) is 29.7 Å². The number of aryl methyl sites for hydroxylation is 2. The Bertz CT molecular complexity index is 2320. The number of likely N-dealkylation sites (tertiary alicyclic amines) is 1. The number of nitriles is 1. The Labute approximate surface area is 342 Å². The summed E-state index contributed by atoms with van der Waals surface area (Å²) in [6, 6.07) is 12.7. The van der Waals surface area contributed by atoms with Gasteiger partial charge < -0.3 is 19.1 Å². The van der Waals surface area contributed by atoms with E-state index in [2.05, 4.69) is 49.5 Å². The molecule has 3 aliphatic rings. The monoisotopic (exact) mass is 812 g/mol. The zero-order valence-electron chi connectivity index (χ0n) is 34.9. The van der Waals surface area contributed by atoms with Crippen LogP contribution in [0.3, 0.4) is 0 Å². The van der Waals surface area contributed by atoms with Crippen LogP contribution in [0.1, 0.15) is 93.9 Å². The van der Waals surface area contributed by atoms with Crippen LogP contribution in [0.25, 0.3) is 10.9 Å². The van der Waals surface area contributed by atoms with Crippen LogP contribution in [0.4, 0.5) is 10.2 Å². The van der Waals surface area contributed by atoms with E-state index < -0.39 is 15.8 Å². The van der Waals surface area contributed by atoms with Crippen LogP contribution in [-0.2, 0) is 23.1 Å². The highest BCUT2D eigenvalue weighted by Crippen LogP contribution is 2.44. The van der Waals surface area contributed by atoms with E-state index in [1.54, 1.807) is 15.4 Å². The molecule has 3 unspecified atom stereocenters. The zero-order chi connectivity index (χ0) is 41.5. The standard InChI is InChI=1S/C44H57FN8O4S/c1-29(2)53(30(3)4)43(54)38-21-35(45)9-11-40(38)57-41-24-47-28-48-42(41)50-19-15-44(27-50)14-18-49(26-44)25-34-8-10-39-37(32(34)6)22-36(23-46)51(39)16-12-33-13-17-52(31(5)20-33)58(7,55)56/h8-11,21-22,24,28-31,33H,12-20,25-27H2,1-7H3. The maximum Gasteiger partial charge on any atom is 0.258 e. The summed E-state index contributed by atoms with van der Waals surface area (Å²) in [4.78, 5) is 29.1. The van der Waals surface area contributed by atoms with Gasteiger partial charge in [0.2, 0.25) is 10.0 Å². The molecule has 7 rings (SSSR count). The number of carbonyl (C=O) groups is 1. The number of nitrogens with zero attached hydrogens (tertiary/aromatic N) is 8. The molecule has 58 heavy (non-hydrogen) atoms. The van der Waals surface area contributed by atoms with Gasteiger partial charge in [0.15, 0.2) is 11.6 Å². The number of ether oxygens (including phenoxy) is 1. The summed E-state index contributed by atoms with van der Waals surface area (Å²) in [5.74, 6) is 0.954. The molecule has 0 bridgehead atoms. The van der Waals surface area contributed by atoms with Crippen molar-refractivity contribution in [3.63, 3.8) is 0 Å². The number of hydrogen-bond acceptors (Lipinski definition) is 9. The van der Waals surface area contributed by atoms with Gasteiger partial charge in [-0.25, -0.2) is 22.8 Å². The van der Waals surface area contributed by atoms with Crippen LogP contribution in [0.2, 0.25) is 0 Å². The highest BCUT2D eigenvalue weighted by molar-refractivity contribution is 7.88. The van der Waals surface area contributed by atoms with Gasteiger partial charge in [-0.15, -0.1) is 0 Å². The van der Waals surface area contributed by atoms with Gasteiger partial charge in [-0.1, -0.05) is 6.07 Å². The number of piperidine rings is 1. The third-order valence-corrected chi connectivity index (χ3v) is 14.1. The van der Waals surface area contributed by atoms with Crippen molar-refractivity contribution < 1.29 is 22.3 Å². The normalized spacial score (nSPS) is 21.8. The number of amides is 1. The first-order chi connectivity index (χ1) is 27.6. The topological polar surface area (TPSA) is 128 Å². The number of halogens is 1. The summed E-state index contributed by atoms with van der Waals surface area (Å²) in [6.07, 6.45) is 9.04. The van der Waals surface area contributed by atoms with Crippen molar-refractivity contribution in [2.24, 2.45) is 11.3 Å². The Hall–Kier alpha value is -4.58. The molecule has 0 aliphatic carbocycles. The average Bonchev–Trinajstić information content (AvgIpc) is 3.88. The number of aromatic nitrogens is 3. The quantitative estimate of drug-likeness (QED) is 0.144. The highest BCUT2D eigenvalue weighted by atomic mass is 32.2. The molecule has 2 aromatic carbocycles. The predicted molar refractivity (Wildman–Crippen MR) is 224 cm³/mol. The van der Waals surface area contributed by atoms with Crippen molar-refractivity contribution in [3.05, 3.63) is 77.1 Å². The van der Waals surface area contributed by atoms with E-state index in [9.17, 15) is 22.9 Å². The van der Waals surface area contributed by atoms with Crippen molar-refractivity contribution in [3.8, 4) is 17.6 Å². The number of hydrogen-bond donors (Lipinski definition) is 0. The Morgan fingerprint density at radius 3 is 2.53 bits per heavy atom. The molecule has 4 aromatic rings. The van der Waals surface area contributed by atoms with E-state index >= 15 is 0 Å². The number of rotatable bonds is 12. The van der Waals surface area contributed by atoms with Crippen molar-refractivity contribution in [2.75, 3.05) is 43.9 Å². The average molecular weight is 813 g/mol. The maximum absolute atomic E-state index is 14.5. The summed E-state index contributed by atoms with van der Waals surface area (Å²) in [6.45, 7) is 17.5. The van der Waals surface area contributed by atoms with E-state index in [0.717, 1.165) is 82.3 Å². The zero-order valence-corrected chi connectivity index (χ0v) is 35.7. The number of sulfonamides is 1. The van der Waals surface area contributed by atoms with Crippen molar-refractivity contribution in [2.45, 2.75) is 105 Å². The molecule has 12 nitrogen and oxygen atoms in total. The second-order valence-corrected chi connectivity index (χ2v) is 19.4. The molecule has 3 atom stereocenters. The lowest BCUT2D eigenvalue weighted by molar-refractivity contribution is 0.0640. The first-order valence-corrected chi connectivity index (χ1v) is 22.5. The van der Waals surface area contributed by atoms with Gasteiger partial charge in [-0.05, 0) is 128 Å². The molecule has 0 saturated carbocycles. The van der Waals surface area contributed by atoms with Gasteiger partial charge in [-0.2, -0.15) is 9.57 Å². The van der Waals surface area contributed by atoms with Crippen LogP contribution in [0.15, 0.2) is 48.9 Å². The largest absolute Gasteiger partial charge is 0.451 e. The van der Waals surface area contributed by atoms with Crippen molar-refractivity contribution >= 4 is 32.7 Å². The summed E-state index contributed by atoms with van der Waals surface area (Å²) in [5, 5.41) is 11.2. The molecule has 310 valence electrons. The molecule has 3 saturated heterocycles. The first-order valence-electron chi connectivity index (χ1n) is 20.6. The molecule has 0 radical (unpaired) electrons. The third-order valence-electron chi connectivity index (χ3n) is 12.7. The lowest BCUT2D eigenvalue weighted by atomic mass is 9.86. The van der Waals surface area contributed by atoms with Crippen molar-refractivity contribution in [1.29, 1.82) is 5.26 Å². The van der Waals surface area contributed by atoms with Gasteiger partial charge in [0.05, 0.1) is 18.0 Å². The fourth-order valence-corrected chi connectivity index (χ4v) is 11.1. The first kappa shape index (κ1) is 41.6. The van der Waals surface area contributed by atoms with Crippen molar-refractivity contribution in [1.82, 2.24) is 28.6 Å². The van der Waals surface area contributed by atoms with Gasteiger partial charge >= 0.3 is 0 Å². The Kier molecular flexibility index (Phi) is 11.9. The van der Waals surface area contributed by atoms with Crippen LogP contribution in [0.5, 0.6) is 11.5 Å². The SMILES string of the molecule is Cc1c(CN2CCC3(CCN(c4ncncc4Oc4ccc(F)cc4C(=O)N(C(C)C)C(C)C)C3)C2)ccc2c1cc(C#N)n2CCC1CCN(S(C)(=O)=O)C(C)C1. The lowest BCUT2D eigenvalue weighted by Crippen LogP contribution is -2.44. The second kappa shape index (κ2) is 16.6. The van der Waals surface area contributed by atoms with E-state index in [4.69, 9.17) is 4.74 Å². The molecule has 3 fully saturated rings. The van der Waals surface area contributed by atoms with Crippen LogP contribution < -0.4 is 9.64 Å². The Morgan fingerprint density at radius 1 is 1.07 bits per heavy atom. The maximum atomic E-state index is 14.5. The molecule has 1 spiro atoms. The minimum Gasteiger partial charge on any atom is -0.451 e. The second-order valence-electron chi connectivity index (χ2n) is 17.5. The van der Waals surface area contributed by atoms with Crippen LogP contribution in [-0.4, -0.2) is 100 Å². The predicted octanol–water partition coefficient (Wildman–Crippen LogP) is 7.35. The van der Waals surface area contributed by atoms with Gasteiger partial charge in [-0.3, -0.25) is 9.69 Å². The molecule has 3 aliphatic heterocycles. The summed E-state index contributed by atoms with van der Waals surface area (Å²) < 4.78 is 49.0. The minimum atomic E-state index is -3.21. The van der Waals surface area contributed by atoms with Gasteiger partial charge in [0.25, 0.3) is 5.91 Å². The molecular formula is C44H57FN8O4S. The molecule has 14 heteroatoms.